The Morgan fingerprint density at radius 1 is 0.821 bits per heavy atom. The van der Waals surface area contributed by atoms with E-state index in [0.717, 1.165) is 25.7 Å². The summed E-state index contributed by atoms with van der Waals surface area (Å²) in [5.74, 6) is -3.28. The van der Waals surface area contributed by atoms with Crippen LogP contribution in [0.4, 0.5) is 9.59 Å². The number of esters is 1. The molecular formula is C28H43NO10. The van der Waals surface area contributed by atoms with Gasteiger partial charge in [-0.2, -0.15) is 0 Å². The Kier molecular flexibility index (Phi) is 16.3. The highest BCUT2D eigenvalue weighted by atomic mass is 16.7. The molecule has 11 nitrogen and oxygen atoms in total. The van der Waals surface area contributed by atoms with Crippen molar-refractivity contribution < 1.29 is 48.0 Å². The van der Waals surface area contributed by atoms with E-state index in [1.165, 1.54) is 18.2 Å². The van der Waals surface area contributed by atoms with Gasteiger partial charge >= 0.3 is 24.2 Å². The molecule has 39 heavy (non-hydrogen) atoms. The first-order valence-corrected chi connectivity index (χ1v) is 13.6. The zero-order chi connectivity index (χ0) is 29.2. The van der Waals surface area contributed by atoms with Gasteiger partial charge in [0.15, 0.2) is 11.5 Å². The van der Waals surface area contributed by atoms with Gasteiger partial charge in [-0.25, -0.2) is 9.59 Å². The van der Waals surface area contributed by atoms with E-state index in [1.807, 2.05) is 20.8 Å². The van der Waals surface area contributed by atoms with Crippen LogP contribution in [0.5, 0.6) is 11.5 Å². The number of ether oxygens (including phenoxy) is 5. The van der Waals surface area contributed by atoms with E-state index in [-0.39, 0.29) is 43.7 Å². The van der Waals surface area contributed by atoms with E-state index >= 15 is 0 Å². The summed E-state index contributed by atoms with van der Waals surface area (Å²) < 4.78 is 26.0. The molecule has 0 spiro atoms. The van der Waals surface area contributed by atoms with Crippen molar-refractivity contribution in [3.05, 3.63) is 23.8 Å². The van der Waals surface area contributed by atoms with Gasteiger partial charge in [0.05, 0.1) is 19.8 Å². The van der Waals surface area contributed by atoms with Crippen LogP contribution in [0.1, 0.15) is 90.5 Å². The Morgan fingerprint density at radius 3 is 1.92 bits per heavy atom. The molecule has 1 rings (SSSR count). The predicted octanol–water partition coefficient (Wildman–Crippen LogP) is 5.57. The molecule has 0 aromatic heterocycles. The first-order chi connectivity index (χ1) is 18.6. The molecule has 0 saturated carbocycles. The molecule has 0 fully saturated rings. The van der Waals surface area contributed by atoms with Crippen LogP contribution in [0.25, 0.3) is 0 Å². The van der Waals surface area contributed by atoms with Crippen LogP contribution >= 0.6 is 0 Å². The number of carboxylic acids is 1. The van der Waals surface area contributed by atoms with E-state index in [4.69, 9.17) is 29.4 Å². The van der Waals surface area contributed by atoms with Gasteiger partial charge in [-0.1, -0.05) is 59.4 Å². The fourth-order valence-corrected chi connectivity index (χ4v) is 3.70. The highest BCUT2D eigenvalue weighted by Gasteiger charge is 2.33. The summed E-state index contributed by atoms with van der Waals surface area (Å²) in [5.41, 5.74) is 6.42. The summed E-state index contributed by atoms with van der Waals surface area (Å²) in [6.07, 6.45) is 3.75. The highest BCUT2D eigenvalue weighted by molar-refractivity contribution is 5.75. The second-order valence-electron chi connectivity index (χ2n) is 9.32. The molecule has 0 aliphatic rings. The van der Waals surface area contributed by atoms with Crippen molar-refractivity contribution in [3.63, 3.8) is 0 Å². The van der Waals surface area contributed by atoms with Gasteiger partial charge in [-0.3, -0.25) is 9.59 Å². The monoisotopic (exact) mass is 553 g/mol. The van der Waals surface area contributed by atoms with Crippen LogP contribution in [-0.4, -0.2) is 55.2 Å². The number of carbonyl (C=O) groups excluding carboxylic acids is 3. The maximum atomic E-state index is 12.3. The molecule has 0 bridgehead atoms. The van der Waals surface area contributed by atoms with Gasteiger partial charge in [-0.15, -0.1) is 0 Å². The van der Waals surface area contributed by atoms with Crippen LogP contribution in [0.2, 0.25) is 0 Å². The topological polar surface area (TPSA) is 161 Å². The summed E-state index contributed by atoms with van der Waals surface area (Å²) in [4.78, 5) is 48.4. The Morgan fingerprint density at radius 2 is 1.38 bits per heavy atom. The zero-order valence-electron chi connectivity index (χ0n) is 23.4. The van der Waals surface area contributed by atoms with Crippen molar-refractivity contribution in [2.24, 2.45) is 11.7 Å². The number of aliphatic carboxylic acids is 1. The largest absolute Gasteiger partial charge is 0.513 e. The van der Waals surface area contributed by atoms with E-state index in [0.29, 0.717) is 24.8 Å². The smallest absolute Gasteiger partial charge is 0.480 e. The fraction of sp³-hybridized carbons (Fsp3) is 0.643. The lowest BCUT2D eigenvalue weighted by Gasteiger charge is -2.28. The predicted molar refractivity (Wildman–Crippen MR) is 143 cm³/mol. The molecule has 220 valence electrons. The minimum Gasteiger partial charge on any atom is -0.480 e. The molecule has 1 aromatic carbocycles. The van der Waals surface area contributed by atoms with Gasteiger partial charge in [0.1, 0.15) is 6.04 Å². The van der Waals surface area contributed by atoms with E-state index in [2.05, 4.69) is 0 Å². The molecule has 3 N–H and O–H groups in total. The summed E-state index contributed by atoms with van der Waals surface area (Å²) in [6.45, 7) is 7.85. The first kappa shape index (κ1) is 33.7. The summed E-state index contributed by atoms with van der Waals surface area (Å²) >= 11 is 0. The maximum Gasteiger partial charge on any atom is 0.513 e. The van der Waals surface area contributed by atoms with Gasteiger partial charge in [0.2, 0.25) is 0 Å². The molecule has 0 saturated heterocycles. The van der Waals surface area contributed by atoms with Crippen LogP contribution < -0.4 is 15.2 Å². The standard InChI is InChI=1S/C28H43NO10/c1-5-8-11-12-23(30)37-18-19(4)24(25(29)26(31)32)20-13-14-21(38-27(33)35-15-9-6-2)22(17-20)39-28(34)36-16-10-7-3/h13-14,17,19,24-25H,5-12,15-16,18,29H2,1-4H3,(H,31,32)/t19?,24?,25-/m0/s1. The molecule has 0 radical (unpaired) electrons. The van der Waals surface area contributed by atoms with Crippen LogP contribution in [0.3, 0.4) is 0 Å². The molecular weight excluding hydrogens is 510 g/mol. The molecule has 1 aromatic rings. The van der Waals surface area contributed by atoms with Gasteiger partial charge in [0.25, 0.3) is 0 Å². The van der Waals surface area contributed by atoms with Crippen molar-refractivity contribution in [3.8, 4) is 11.5 Å². The number of carbonyl (C=O) groups is 4. The van der Waals surface area contributed by atoms with Crippen molar-refractivity contribution in [1.82, 2.24) is 0 Å². The van der Waals surface area contributed by atoms with Gasteiger partial charge in [-0.05, 0) is 42.9 Å². The minimum atomic E-state index is -1.37. The Balaban J connectivity index is 3.22. The first-order valence-electron chi connectivity index (χ1n) is 13.6. The molecule has 11 heteroatoms. The Labute approximate surface area is 230 Å². The van der Waals surface area contributed by atoms with Crippen LogP contribution in [-0.2, 0) is 23.8 Å². The van der Waals surface area contributed by atoms with Gasteiger partial charge < -0.3 is 34.5 Å². The molecule has 0 amide bonds. The number of unbranched alkanes of at least 4 members (excludes halogenated alkanes) is 4. The van der Waals surface area contributed by atoms with Gasteiger partial charge in [0, 0.05) is 12.3 Å². The number of rotatable bonds is 18. The molecule has 3 atom stereocenters. The van der Waals surface area contributed by atoms with E-state index in [9.17, 15) is 24.3 Å². The van der Waals surface area contributed by atoms with Crippen molar-refractivity contribution in [2.45, 2.75) is 91.0 Å². The SMILES string of the molecule is CCCCCC(=O)OCC(C)C(c1ccc(OC(=O)OCCCC)c(OC(=O)OCCCC)c1)[C@H](N)C(=O)O. The second-order valence-corrected chi connectivity index (χ2v) is 9.32. The molecule has 0 heterocycles. The number of benzene rings is 1. The van der Waals surface area contributed by atoms with Crippen LogP contribution in [0, 0.1) is 5.92 Å². The Bertz CT molecular complexity index is 920. The highest BCUT2D eigenvalue weighted by Crippen LogP contribution is 2.36. The normalized spacial score (nSPS) is 13.1. The second kappa shape index (κ2) is 18.8. The third kappa shape index (κ3) is 12.8. The lowest BCUT2D eigenvalue weighted by atomic mass is 9.82. The number of hydrogen-bond acceptors (Lipinski definition) is 10. The average molecular weight is 554 g/mol. The summed E-state index contributed by atoms with van der Waals surface area (Å²) in [5, 5.41) is 9.67. The van der Waals surface area contributed by atoms with E-state index < -0.39 is 36.2 Å². The molecule has 2 unspecified atom stereocenters. The Hall–Kier alpha value is -3.34. The van der Waals surface area contributed by atoms with E-state index in [1.54, 1.807) is 6.92 Å². The van der Waals surface area contributed by atoms with Crippen LogP contribution in [0.15, 0.2) is 18.2 Å². The molecule has 0 aliphatic carbocycles. The fourth-order valence-electron chi connectivity index (χ4n) is 3.70. The van der Waals surface area contributed by atoms with Crippen molar-refractivity contribution >= 4 is 24.2 Å². The number of carboxylic acid groups (broad SMARTS) is 1. The summed E-state index contributed by atoms with van der Waals surface area (Å²) in [6, 6.07) is 2.87. The number of nitrogens with two attached hydrogens (primary N) is 1. The lowest BCUT2D eigenvalue weighted by molar-refractivity contribution is -0.145. The minimum absolute atomic E-state index is 0.0616. The average Bonchev–Trinajstić information content (AvgIpc) is 2.89. The number of hydrogen-bond donors (Lipinski definition) is 2. The third-order valence-corrected chi connectivity index (χ3v) is 5.95. The molecule has 0 aliphatic heterocycles. The summed E-state index contributed by atoms with van der Waals surface area (Å²) in [7, 11) is 0. The zero-order valence-corrected chi connectivity index (χ0v) is 23.4. The van der Waals surface area contributed by atoms with Crippen molar-refractivity contribution in [2.75, 3.05) is 19.8 Å². The quantitative estimate of drug-likeness (QED) is 0.101. The van der Waals surface area contributed by atoms with Crippen molar-refractivity contribution in [1.29, 1.82) is 0 Å². The third-order valence-electron chi connectivity index (χ3n) is 5.95. The maximum absolute atomic E-state index is 12.3. The lowest BCUT2D eigenvalue weighted by Crippen LogP contribution is -2.40.